The molecule has 0 unspecified atom stereocenters. The predicted molar refractivity (Wildman–Crippen MR) is 89.2 cm³/mol. The van der Waals surface area contributed by atoms with Gasteiger partial charge in [-0.3, -0.25) is 14.4 Å². The highest BCUT2D eigenvalue weighted by Gasteiger charge is 2.33. The Labute approximate surface area is 148 Å². The average molecular weight is 365 g/mol. The Bertz CT molecular complexity index is 737. The molecule has 0 saturated carbocycles. The summed E-state index contributed by atoms with van der Waals surface area (Å²) in [6.45, 7) is 0.0322. The minimum Gasteiger partial charge on any atom is -0.390 e. The smallest absolute Gasteiger partial charge is 0.251 e. The first kappa shape index (κ1) is 19.5. The molecular weight excluding hydrogens is 345 g/mol. The fourth-order valence-electron chi connectivity index (χ4n) is 2.54. The largest absolute Gasteiger partial charge is 0.390 e. The van der Waals surface area contributed by atoms with Crippen LogP contribution < -0.4 is 16.4 Å². The van der Waals surface area contributed by atoms with E-state index in [2.05, 4.69) is 10.6 Å². The fourth-order valence-corrected chi connectivity index (χ4v) is 2.54. The van der Waals surface area contributed by atoms with E-state index in [0.717, 1.165) is 6.07 Å². The number of carbonyl (C=O) groups is 3. The van der Waals surface area contributed by atoms with Crippen LogP contribution in [0.4, 0.5) is 4.39 Å². The van der Waals surface area contributed by atoms with Crippen LogP contribution >= 0.6 is 0 Å². The van der Waals surface area contributed by atoms with Crippen molar-refractivity contribution in [3.63, 3.8) is 0 Å². The zero-order valence-electron chi connectivity index (χ0n) is 13.8. The second-order valence-electron chi connectivity index (χ2n) is 5.94. The number of aliphatic hydroxyl groups excluding tert-OH is 2. The van der Waals surface area contributed by atoms with E-state index in [9.17, 15) is 29.0 Å². The van der Waals surface area contributed by atoms with Crippen molar-refractivity contribution in [3.8, 4) is 0 Å². The Morgan fingerprint density at radius 1 is 1.23 bits per heavy atom. The molecule has 0 bridgehead atoms. The summed E-state index contributed by atoms with van der Waals surface area (Å²) in [5.74, 6) is -2.36. The molecule has 2 rings (SSSR count). The highest BCUT2D eigenvalue weighted by atomic mass is 19.1. The number of carbonyl (C=O) groups excluding carboxylic acids is 3. The fraction of sp³-hybridized carbons (Fsp3) is 0.353. The molecule has 0 aromatic heterocycles. The summed E-state index contributed by atoms with van der Waals surface area (Å²) < 4.78 is 13.2. The van der Waals surface area contributed by atoms with Gasteiger partial charge in [0, 0.05) is 30.5 Å². The van der Waals surface area contributed by atoms with Crippen molar-refractivity contribution in [2.45, 2.75) is 31.1 Å². The monoisotopic (exact) mass is 365 g/mol. The van der Waals surface area contributed by atoms with Crippen molar-refractivity contribution in [3.05, 3.63) is 47.3 Å². The minimum absolute atomic E-state index is 0.0322. The molecule has 0 heterocycles. The van der Waals surface area contributed by atoms with Crippen LogP contribution in [-0.4, -0.2) is 52.7 Å². The third-order valence-electron chi connectivity index (χ3n) is 3.91. The van der Waals surface area contributed by atoms with Gasteiger partial charge in [-0.1, -0.05) is 12.1 Å². The molecule has 0 radical (unpaired) electrons. The van der Waals surface area contributed by atoms with Crippen LogP contribution in [0.15, 0.2) is 35.9 Å². The van der Waals surface area contributed by atoms with E-state index in [1.807, 2.05) is 0 Å². The van der Waals surface area contributed by atoms with Gasteiger partial charge in [-0.05, 0) is 18.2 Å². The summed E-state index contributed by atoms with van der Waals surface area (Å²) in [4.78, 5) is 35.0. The van der Waals surface area contributed by atoms with Crippen LogP contribution in [-0.2, 0) is 9.59 Å². The predicted octanol–water partition coefficient (Wildman–Crippen LogP) is -1.03. The molecule has 1 aromatic carbocycles. The maximum Gasteiger partial charge on any atom is 0.251 e. The molecule has 140 valence electrons. The van der Waals surface area contributed by atoms with Crippen LogP contribution in [0.3, 0.4) is 0 Å². The molecule has 1 aliphatic rings. The van der Waals surface area contributed by atoms with Crippen molar-refractivity contribution >= 4 is 17.7 Å². The maximum atomic E-state index is 13.2. The first-order chi connectivity index (χ1) is 12.3. The summed E-state index contributed by atoms with van der Waals surface area (Å²) in [7, 11) is 0. The van der Waals surface area contributed by atoms with E-state index in [1.54, 1.807) is 0 Å². The first-order valence-electron chi connectivity index (χ1n) is 7.97. The summed E-state index contributed by atoms with van der Waals surface area (Å²) in [5, 5.41) is 24.9. The summed E-state index contributed by atoms with van der Waals surface area (Å²) in [6.07, 6.45) is -1.42. The average Bonchev–Trinajstić information content (AvgIpc) is 2.58. The number of primary amides is 1. The second-order valence-corrected chi connectivity index (χ2v) is 5.94. The SMILES string of the molecule is NC(=O)CCNC(=O)C1=C[C@H](NC(=O)c2cccc(F)c2)[C@@H](O)[C@H](O)C1. The lowest BCUT2D eigenvalue weighted by Crippen LogP contribution is -2.51. The van der Waals surface area contributed by atoms with Gasteiger partial charge < -0.3 is 26.6 Å². The molecule has 0 spiro atoms. The van der Waals surface area contributed by atoms with Gasteiger partial charge in [0.25, 0.3) is 5.91 Å². The lowest BCUT2D eigenvalue weighted by atomic mass is 9.90. The first-order valence-corrected chi connectivity index (χ1v) is 7.97. The van der Waals surface area contributed by atoms with Crippen molar-refractivity contribution < 1.29 is 29.0 Å². The van der Waals surface area contributed by atoms with Crippen LogP contribution in [0.1, 0.15) is 23.2 Å². The van der Waals surface area contributed by atoms with Crippen molar-refractivity contribution in [1.82, 2.24) is 10.6 Å². The second kappa shape index (κ2) is 8.54. The van der Waals surface area contributed by atoms with E-state index in [1.165, 1.54) is 24.3 Å². The van der Waals surface area contributed by atoms with Gasteiger partial charge >= 0.3 is 0 Å². The van der Waals surface area contributed by atoms with Gasteiger partial charge in [-0.15, -0.1) is 0 Å². The highest BCUT2D eigenvalue weighted by Crippen LogP contribution is 2.20. The molecule has 3 atom stereocenters. The Kier molecular flexibility index (Phi) is 6.42. The van der Waals surface area contributed by atoms with E-state index < -0.39 is 41.8 Å². The highest BCUT2D eigenvalue weighted by molar-refractivity contribution is 5.96. The number of hydrogen-bond acceptors (Lipinski definition) is 5. The quantitative estimate of drug-likeness (QED) is 0.438. The standard InChI is InChI=1S/C17H20FN3O5/c18-11-3-1-2-9(6-11)17(26)21-12-7-10(8-13(22)15(12)24)16(25)20-5-4-14(19)23/h1-3,6-7,12-13,15,22,24H,4-5,8H2,(H2,19,23)(H,20,25)(H,21,26)/t12-,13+,15+/m0/s1. The Hall–Kier alpha value is -2.78. The van der Waals surface area contributed by atoms with Crippen molar-refractivity contribution in [2.24, 2.45) is 5.73 Å². The van der Waals surface area contributed by atoms with Crippen LogP contribution in [0.5, 0.6) is 0 Å². The number of nitrogens with two attached hydrogens (primary N) is 1. The van der Waals surface area contributed by atoms with Crippen LogP contribution in [0, 0.1) is 5.82 Å². The third-order valence-corrected chi connectivity index (χ3v) is 3.91. The van der Waals surface area contributed by atoms with Crippen LogP contribution in [0.25, 0.3) is 0 Å². The normalized spacial score (nSPS) is 22.3. The molecule has 26 heavy (non-hydrogen) atoms. The third kappa shape index (κ3) is 5.11. The molecular formula is C17H20FN3O5. The number of amides is 3. The lowest BCUT2D eigenvalue weighted by Gasteiger charge is -2.31. The molecule has 1 aromatic rings. The number of benzene rings is 1. The van der Waals surface area contributed by atoms with E-state index in [-0.39, 0.29) is 30.5 Å². The number of halogens is 1. The minimum atomic E-state index is -1.32. The summed E-state index contributed by atoms with van der Waals surface area (Å²) >= 11 is 0. The summed E-state index contributed by atoms with van der Waals surface area (Å²) in [6, 6.07) is 3.94. The molecule has 6 N–H and O–H groups in total. The molecule has 9 heteroatoms. The number of rotatable bonds is 6. The molecule has 3 amide bonds. The molecule has 0 saturated heterocycles. The zero-order valence-corrected chi connectivity index (χ0v) is 13.8. The summed E-state index contributed by atoms with van der Waals surface area (Å²) in [5.41, 5.74) is 5.18. The van der Waals surface area contributed by atoms with Crippen LogP contribution in [0.2, 0.25) is 0 Å². The molecule has 0 fully saturated rings. The van der Waals surface area contributed by atoms with E-state index in [0.29, 0.717) is 0 Å². The lowest BCUT2D eigenvalue weighted by molar-refractivity contribution is -0.119. The topological polar surface area (TPSA) is 142 Å². The maximum absolute atomic E-state index is 13.2. The van der Waals surface area contributed by atoms with Gasteiger partial charge in [-0.2, -0.15) is 0 Å². The zero-order chi connectivity index (χ0) is 19.3. The van der Waals surface area contributed by atoms with Crippen molar-refractivity contribution in [2.75, 3.05) is 6.54 Å². The number of nitrogens with one attached hydrogen (secondary N) is 2. The van der Waals surface area contributed by atoms with Gasteiger partial charge in [-0.25, -0.2) is 4.39 Å². The number of aliphatic hydroxyl groups is 2. The molecule has 8 nitrogen and oxygen atoms in total. The van der Waals surface area contributed by atoms with E-state index >= 15 is 0 Å². The molecule has 0 aliphatic heterocycles. The van der Waals surface area contributed by atoms with Gasteiger partial charge in [0.05, 0.1) is 12.1 Å². The van der Waals surface area contributed by atoms with E-state index in [4.69, 9.17) is 5.73 Å². The van der Waals surface area contributed by atoms with Gasteiger partial charge in [0.15, 0.2) is 0 Å². The number of hydrogen-bond donors (Lipinski definition) is 5. The molecule has 1 aliphatic carbocycles. The Morgan fingerprint density at radius 2 is 1.96 bits per heavy atom. The van der Waals surface area contributed by atoms with Crippen molar-refractivity contribution in [1.29, 1.82) is 0 Å². The Morgan fingerprint density at radius 3 is 2.62 bits per heavy atom. The van der Waals surface area contributed by atoms with Gasteiger partial charge in [0.2, 0.25) is 11.8 Å². The Balaban J connectivity index is 2.08. The van der Waals surface area contributed by atoms with Gasteiger partial charge in [0.1, 0.15) is 11.9 Å².